The topological polar surface area (TPSA) is 29.5 Å². The summed E-state index contributed by atoms with van der Waals surface area (Å²) in [7, 11) is 3.54. The molecule has 0 saturated heterocycles. The molecule has 1 atom stereocenters. The molecule has 0 bridgehead atoms. The van der Waals surface area contributed by atoms with Gasteiger partial charge in [-0.3, -0.25) is 4.90 Å². The van der Waals surface area contributed by atoms with Crippen LogP contribution < -0.4 is 4.74 Å². The summed E-state index contributed by atoms with van der Waals surface area (Å²) >= 11 is 0. The van der Waals surface area contributed by atoms with Crippen molar-refractivity contribution in [2.24, 2.45) is 0 Å². The van der Waals surface area contributed by atoms with Crippen molar-refractivity contribution in [1.29, 1.82) is 0 Å². The van der Waals surface area contributed by atoms with Crippen molar-refractivity contribution in [3.05, 3.63) is 29.6 Å². The number of halogens is 1. The Balaban J connectivity index is 2.99. The molecule has 1 aromatic rings. The number of nitrogens with zero attached hydrogens (tertiary/aromatic N) is 1. The van der Waals surface area contributed by atoms with Crippen molar-refractivity contribution < 1.29 is 13.9 Å². The molecule has 1 aromatic carbocycles. The summed E-state index contributed by atoms with van der Waals surface area (Å²) in [6, 6.07) is 4.16. The molecule has 1 unspecified atom stereocenters. The zero-order valence-corrected chi connectivity index (χ0v) is 9.74. The lowest BCUT2D eigenvalue weighted by Gasteiger charge is -2.19. The molecule has 16 heavy (non-hydrogen) atoms. The number of hydrogen-bond acceptors (Lipinski definition) is 3. The van der Waals surface area contributed by atoms with Gasteiger partial charge in [-0.25, -0.2) is 4.39 Å². The van der Waals surface area contributed by atoms with Gasteiger partial charge < -0.3 is 9.53 Å². The van der Waals surface area contributed by atoms with E-state index in [0.717, 1.165) is 6.29 Å². The van der Waals surface area contributed by atoms with Gasteiger partial charge in [0.1, 0.15) is 6.29 Å². The Morgan fingerprint density at radius 3 is 2.62 bits per heavy atom. The molecule has 0 aromatic heterocycles. The van der Waals surface area contributed by atoms with E-state index in [-0.39, 0.29) is 5.75 Å². The van der Waals surface area contributed by atoms with Gasteiger partial charge in [0.05, 0.1) is 12.6 Å². The first-order valence-electron chi connectivity index (χ1n) is 5.14. The number of rotatable bonds is 5. The fraction of sp³-hybridized carbons (Fsp3) is 0.417. The van der Waals surface area contributed by atoms with E-state index in [1.165, 1.54) is 6.07 Å². The maximum Gasteiger partial charge on any atom is 0.165 e. The third-order valence-electron chi connectivity index (χ3n) is 2.28. The van der Waals surface area contributed by atoms with E-state index in [9.17, 15) is 9.18 Å². The average molecular weight is 225 g/mol. The molecule has 0 spiro atoms. The Labute approximate surface area is 94.8 Å². The van der Waals surface area contributed by atoms with Gasteiger partial charge >= 0.3 is 0 Å². The third kappa shape index (κ3) is 2.79. The molecule has 0 amide bonds. The van der Waals surface area contributed by atoms with Crippen LogP contribution in [-0.2, 0) is 4.79 Å². The first-order chi connectivity index (χ1) is 7.60. The number of carbonyl (C=O) groups is 1. The van der Waals surface area contributed by atoms with Crippen LogP contribution in [0, 0.1) is 5.82 Å². The van der Waals surface area contributed by atoms with E-state index in [1.807, 2.05) is 0 Å². The zero-order valence-electron chi connectivity index (χ0n) is 9.74. The lowest BCUT2D eigenvalue weighted by molar-refractivity contribution is -0.111. The summed E-state index contributed by atoms with van der Waals surface area (Å²) in [5.74, 6) is -0.220. The van der Waals surface area contributed by atoms with Gasteiger partial charge in [-0.2, -0.15) is 0 Å². The maximum atomic E-state index is 13.5. The Hall–Kier alpha value is -1.42. The van der Waals surface area contributed by atoms with Crippen molar-refractivity contribution >= 4 is 6.29 Å². The van der Waals surface area contributed by atoms with Crippen molar-refractivity contribution in [3.63, 3.8) is 0 Å². The van der Waals surface area contributed by atoms with Crippen molar-refractivity contribution in [3.8, 4) is 5.75 Å². The molecule has 4 heteroatoms. The van der Waals surface area contributed by atoms with Crippen LogP contribution in [0.5, 0.6) is 5.75 Å². The molecule has 0 radical (unpaired) electrons. The van der Waals surface area contributed by atoms with E-state index in [2.05, 4.69) is 0 Å². The summed E-state index contributed by atoms with van der Waals surface area (Å²) in [6.45, 7) is 2.21. The van der Waals surface area contributed by atoms with Crippen LogP contribution in [0.2, 0.25) is 0 Å². The minimum absolute atomic E-state index is 0.217. The summed E-state index contributed by atoms with van der Waals surface area (Å²) in [4.78, 5) is 12.6. The van der Waals surface area contributed by atoms with Gasteiger partial charge in [-0.05, 0) is 38.7 Å². The zero-order chi connectivity index (χ0) is 12.1. The van der Waals surface area contributed by atoms with E-state index in [0.29, 0.717) is 12.2 Å². The second-order valence-corrected chi connectivity index (χ2v) is 3.67. The van der Waals surface area contributed by atoms with E-state index < -0.39 is 11.9 Å². The first kappa shape index (κ1) is 12.6. The standard InChI is InChI=1S/C12H16FNO2/c1-4-16-12-6-5-9(7-10(12)13)11(8-15)14(2)3/h5-8,11H,4H2,1-3H3. The Bertz CT molecular complexity index is 366. The van der Waals surface area contributed by atoms with Gasteiger partial charge in [-0.15, -0.1) is 0 Å². The average Bonchev–Trinajstić information content (AvgIpc) is 2.22. The van der Waals surface area contributed by atoms with Gasteiger partial charge in [0, 0.05) is 0 Å². The summed E-state index contributed by atoms with van der Waals surface area (Å²) in [5.41, 5.74) is 0.626. The normalized spacial score (nSPS) is 12.6. The lowest BCUT2D eigenvalue weighted by atomic mass is 10.1. The molecule has 1 rings (SSSR count). The lowest BCUT2D eigenvalue weighted by Crippen LogP contribution is -2.21. The van der Waals surface area contributed by atoms with Gasteiger partial charge in [0.25, 0.3) is 0 Å². The first-order valence-corrected chi connectivity index (χ1v) is 5.14. The highest BCUT2D eigenvalue weighted by Gasteiger charge is 2.15. The summed E-state index contributed by atoms with van der Waals surface area (Å²) in [6.07, 6.45) is 0.787. The monoisotopic (exact) mass is 225 g/mol. The highest BCUT2D eigenvalue weighted by atomic mass is 19.1. The van der Waals surface area contributed by atoms with E-state index in [1.54, 1.807) is 38.1 Å². The Kier molecular flexibility index (Phi) is 4.43. The van der Waals surface area contributed by atoms with Crippen LogP contribution in [-0.4, -0.2) is 31.9 Å². The number of likely N-dealkylation sites (N-methyl/N-ethyl adjacent to an activating group) is 1. The van der Waals surface area contributed by atoms with Gasteiger partial charge in [0.15, 0.2) is 11.6 Å². The second kappa shape index (κ2) is 5.61. The number of aldehydes is 1. The maximum absolute atomic E-state index is 13.5. The SMILES string of the molecule is CCOc1ccc(C(C=O)N(C)C)cc1F. The van der Waals surface area contributed by atoms with Crippen LogP contribution in [0.15, 0.2) is 18.2 Å². The Morgan fingerprint density at radius 2 is 2.19 bits per heavy atom. The molecular weight excluding hydrogens is 209 g/mol. The van der Waals surface area contributed by atoms with Crippen LogP contribution in [0.1, 0.15) is 18.5 Å². The fourth-order valence-corrected chi connectivity index (χ4v) is 1.47. The second-order valence-electron chi connectivity index (χ2n) is 3.67. The largest absolute Gasteiger partial charge is 0.491 e. The van der Waals surface area contributed by atoms with Crippen molar-refractivity contribution in [1.82, 2.24) is 4.90 Å². The number of hydrogen-bond donors (Lipinski definition) is 0. The number of benzene rings is 1. The highest BCUT2D eigenvalue weighted by Crippen LogP contribution is 2.23. The van der Waals surface area contributed by atoms with Crippen molar-refractivity contribution in [2.75, 3.05) is 20.7 Å². The van der Waals surface area contributed by atoms with Gasteiger partial charge in [-0.1, -0.05) is 6.07 Å². The molecule has 0 aliphatic rings. The van der Waals surface area contributed by atoms with Crippen LogP contribution >= 0.6 is 0 Å². The summed E-state index contributed by atoms with van der Waals surface area (Å²) < 4.78 is 18.6. The Morgan fingerprint density at radius 1 is 1.50 bits per heavy atom. The van der Waals surface area contributed by atoms with E-state index >= 15 is 0 Å². The molecular formula is C12H16FNO2. The minimum Gasteiger partial charge on any atom is -0.491 e. The molecule has 0 aliphatic carbocycles. The number of carbonyl (C=O) groups excluding carboxylic acids is 1. The molecule has 0 fully saturated rings. The summed E-state index contributed by atoms with van der Waals surface area (Å²) in [5, 5.41) is 0. The number of ether oxygens (including phenoxy) is 1. The van der Waals surface area contributed by atoms with E-state index in [4.69, 9.17) is 4.74 Å². The molecule has 3 nitrogen and oxygen atoms in total. The van der Waals surface area contributed by atoms with Gasteiger partial charge in [0.2, 0.25) is 0 Å². The quantitative estimate of drug-likeness (QED) is 0.718. The van der Waals surface area contributed by atoms with Crippen LogP contribution in [0.25, 0.3) is 0 Å². The molecule has 0 aliphatic heterocycles. The van der Waals surface area contributed by atoms with Crippen LogP contribution in [0.4, 0.5) is 4.39 Å². The smallest absolute Gasteiger partial charge is 0.165 e. The minimum atomic E-state index is -0.437. The predicted molar refractivity (Wildman–Crippen MR) is 60.1 cm³/mol. The van der Waals surface area contributed by atoms with Crippen molar-refractivity contribution in [2.45, 2.75) is 13.0 Å². The molecule has 88 valence electrons. The molecule has 0 N–H and O–H groups in total. The third-order valence-corrected chi connectivity index (χ3v) is 2.28. The fourth-order valence-electron chi connectivity index (χ4n) is 1.47. The highest BCUT2D eigenvalue weighted by molar-refractivity contribution is 5.61. The molecule has 0 heterocycles. The molecule has 0 saturated carbocycles. The van der Waals surface area contributed by atoms with Crippen LogP contribution in [0.3, 0.4) is 0 Å². The predicted octanol–water partition coefficient (Wildman–Crippen LogP) is 2.03.